The van der Waals surface area contributed by atoms with Crippen LogP contribution in [0.15, 0.2) is 48.5 Å². The van der Waals surface area contributed by atoms with Crippen LogP contribution in [0, 0.1) is 0 Å². The molecule has 3 aliphatic rings. The van der Waals surface area contributed by atoms with E-state index in [1.165, 1.54) is 4.90 Å². The number of hydrogen-bond donors (Lipinski definition) is 0. The molecule has 3 aliphatic heterocycles. The normalized spacial score (nSPS) is 26.1. The predicted molar refractivity (Wildman–Crippen MR) is 139 cm³/mol. The molecule has 3 aromatic rings. The predicted octanol–water partition coefficient (Wildman–Crippen LogP) is 4.94. The molecule has 1 amide bonds. The van der Waals surface area contributed by atoms with Crippen LogP contribution >= 0.6 is 0 Å². The molecule has 0 aliphatic carbocycles. The van der Waals surface area contributed by atoms with Gasteiger partial charge in [0.15, 0.2) is 13.0 Å². The van der Waals surface area contributed by atoms with Gasteiger partial charge in [0.1, 0.15) is 6.04 Å². The largest absolute Gasteiger partial charge is 0.434 e. The minimum absolute atomic E-state index is 0.0219. The van der Waals surface area contributed by atoms with E-state index >= 15 is 0 Å². The third kappa shape index (κ3) is 5.23. The van der Waals surface area contributed by atoms with Gasteiger partial charge in [-0.25, -0.2) is 9.59 Å². The van der Waals surface area contributed by atoms with Gasteiger partial charge in [-0.15, -0.1) is 0 Å². The van der Waals surface area contributed by atoms with Crippen LogP contribution in [0.2, 0.25) is 0 Å². The summed E-state index contributed by atoms with van der Waals surface area (Å²) in [5.74, 6) is -0.485. The van der Waals surface area contributed by atoms with Crippen molar-refractivity contribution in [3.05, 3.63) is 48.5 Å². The molecule has 3 fully saturated rings. The number of hydrogen-bond acceptors (Lipinski definition) is 7. The molecule has 6 rings (SSSR count). The monoisotopic (exact) mass is 522 g/mol. The number of carbonyl (C=O) groups excluding carboxylic acids is 2. The lowest BCUT2D eigenvalue weighted by molar-refractivity contribution is -0.192. The Labute approximate surface area is 221 Å². The number of nitrogens with zero attached hydrogens (tertiary/aromatic N) is 2. The topological polar surface area (TPSA) is 88.5 Å². The van der Waals surface area contributed by atoms with Crippen molar-refractivity contribution in [2.75, 3.05) is 19.8 Å². The van der Waals surface area contributed by atoms with Crippen molar-refractivity contribution in [2.24, 2.45) is 0 Å². The molecule has 0 N–H and O–H groups in total. The van der Waals surface area contributed by atoms with Gasteiger partial charge in [0, 0.05) is 30.2 Å². The second kappa shape index (κ2) is 11.3. The highest BCUT2D eigenvalue weighted by atomic mass is 16.7. The third-order valence-electron chi connectivity index (χ3n) is 7.63. The van der Waals surface area contributed by atoms with Crippen molar-refractivity contribution < 1.29 is 33.3 Å². The molecule has 4 atom stereocenters. The summed E-state index contributed by atoms with van der Waals surface area (Å²) in [5.41, 5.74) is 1.95. The van der Waals surface area contributed by atoms with Crippen molar-refractivity contribution in [1.82, 2.24) is 9.47 Å². The van der Waals surface area contributed by atoms with Crippen LogP contribution in [-0.4, -0.2) is 66.0 Å². The van der Waals surface area contributed by atoms with Crippen molar-refractivity contribution in [1.29, 1.82) is 0 Å². The zero-order valence-electron chi connectivity index (χ0n) is 21.5. The Balaban J connectivity index is 1.18. The number of likely N-dealkylation sites (tertiary alicyclic amines) is 1. The van der Waals surface area contributed by atoms with E-state index in [2.05, 4.69) is 12.1 Å². The van der Waals surface area contributed by atoms with Gasteiger partial charge in [-0.05, 0) is 44.2 Å². The lowest BCUT2D eigenvalue weighted by Crippen LogP contribution is -2.43. The molecule has 0 spiro atoms. The van der Waals surface area contributed by atoms with Crippen LogP contribution in [-0.2, 0) is 35.2 Å². The Kier molecular flexibility index (Phi) is 7.49. The number of rotatable bonds is 6. The Morgan fingerprint density at radius 2 is 1.47 bits per heavy atom. The molecule has 202 valence electrons. The number of ether oxygens (including phenoxy) is 5. The van der Waals surface area contributed by atoms with Crippen molar-refractivity contribution in [3.63, 3.8) is 0 Å². The quantitative estimate of drug-likeness (QED) is 0.424. The van der Waals surface area contributed by atoms with E-state index in [4.69, 9.17) is 23.7 Å². The fourth-order valence-corrected chi connectivity index (χ4v) is 5.71. The van der Waals surface area contributed by atoms with Gasteiger partial charge in [-0.2, -0.15) is 0 Å². The average Bonchev–Trinajstić information content (AvgIpc) is 3.52. The first kappa shape index (κ1) is 25.2. The van der Waals surface area contributed by atoms with Crippen LogP contribution in [0.1, 0.15) is 44.9 Å². The number of para-hydroxylation sites is 2. The van der Waals surface area contributed by atoms with E-state index in [9.17, 15) is 9.59 Å². The first-order chi connectivity index (χ1) is 18.7. The van der Waals surface area contributed by atoms with E-state index in [1.807, 2.05) is 41.0 Å². The highest BCUT2D eigenvalue weighted by molar-refractivity contribution is 6.07. The van der Waals surface area contributed by atoms with Gasteiger partial charge in [-0.3, -0.25) is 4.90 Å². The zero-order valence-corrected chi connectivity index (χ0v) is 21.5. The SMILES string of the molecule is O=C(OC1CCCCO1)[C@@H]1C[C@H](OC2CCCCO2)CN1C(=O)OCn1c2ccccc2c2ccccc21. The molecule has 0 radical (unpaired) electrons. The van der Waals surface area contributed by atoms with Crippen molar-refractivity contribution in [3.8, 4) is 0 Å². The summed E-state index contributed by atoms with van der Waals surface area (Å²) in [5, 5.41) is 2.19. The Morgan fingerprint density at radius 1 is 0.842 bits per heavy atom. The summed E-state index contributed by atoms with van der Waals surface area (Å²) >= 11 is 0. The lowest BCUT2D eigenvalue weighted by Gasteiger charge is -2.27. The highest BCUT2D eigenvalue weighted by Gasteiger charge is 2.44. The second-order valence-corrected chi connectivity index (χ2v) is 10.2. The molecule has 9 heteroatoms. The smallest absolute Gasteiger partial charge is 0.412 e. The number of amides is 1. The second-order valence-electron chi connectivity index (χ2n) is 10.2. The Bertz CT molecular complexity index is 1230. The molecule has 38 heavy (non-hydrogen) atoms. The maximum absolute atomic E-state index is 13.4. The van der Waals surface area contributed by atoms with Crippen LogP contribution in [0.4, 0.5) is 4.79 Å². The molecule has 9 nitrogen and oxygen atoms in total. The van der Waals surface area contributed by atoms with Crippen LogP contribution in [0.3, 0.4) is 0 Å². The number of aromatic nitrogens is 1. The van der Waals surface area contributed by atoms with Crippen molar-refractivity contribution in [2.45, 2.75) is 76.4 Å². The molecular formula is C29H34N2O7. The maximum Gasteiger partial charge on any atom is 0.412 e. The number of esters is 1. The fourth-order valence-electron chi connectivity index (χ4n) is 5.71. The molecular weight excluding hydrogens is 488 g/mol. The summed E-state index contributed by atoms with van der Waals surface area (Å²) in [6.07, 6.45) is 3.93. The van der Waals surface area contributed by atoms with Crippen molar-refractivity contribution >= 4 is 33.9 Å². The number of benzene rings is 2. The van der Waals surface area contributed by atoms with E-state index in [1.54, 1.807) is 0 Å². The Morgan fingerprint density at radius 3 is 2.11 bits per heavy atom. The van der Waals surface area contributed by atoms with E-state index in [0.717, 1.165) is 53.9 Å². The minimum Gasteiger partial charge on any atom is -0.434 e. The first-order valence-corrected chi connectivity index (χ1v) is 13.7. The molecule has 0 saturated carbocycles. The van der Waals surface area contributed by atoms with Crippen LogP contribution in [0.5, 0.6) is 0 Å². The highest BCUT2D eigenvalue weighted by Crippen LogP contribution is 2.30. The maximum atomic E-state index is 13.4. The molecule has 2 unspecified atom stereocenters. The fraction of sp³-hybridized carbons (Fsp3) is 0.517. The van der Waals surface area contributed by atoms with E-state index in [-0.39, 0.29) is 25.7 Å². The summed E-state index contributed by atoms with van der Waals surface area (Å²) in [6.45, 7) is 1.48. The van der Waals surface area contributed by atoms with Gasteiger partial charge in [0.25, 0.3) is 0 Å². The van der Waals surface area contributed by atoms with Gasteiger partial charge in [0.05, 0.1) is 30.3 Å². The lowest BCUT2D eigenvalue weighted by atomic mass is 10.1. The molecule has 2 aromatic carbocycles. The average molecular weight is 523 g/mol. The van der Waals surface area contributed by atoms with Gasteiger partial charge in [0.2, 0.25) is 6.29 Å². The summed E-state index contributed by atoms with van der Waals surface area (Å²) in [4.78, 5) is 28.1. The number of carbonyl (C=O) groups is 2. The summed E-state index contributed by atoms with van der Waals surface area (Å²) in [7, 11) is 0. The summed E-state index contributed by atoms with van der Waals surface area (Å²) in [6, 6.07) is 15.3. The number of fused-ring (bicyclic) bond motifs is 3. The third-order valence-corrected chi connectivity index (χ3v) is 7.63. The van der Waals surface area contributed by atoms with Crippen LogP contribution < -0.4 is 0 Å². The van der Waals surface area contributed by atoms with E-state index < -0.39 is 24.4 Å². The van der Waals surface area contributed by atoms with Gasteiger partial charge in [-0.1, -0.05) is 36.4 Å². The van der Waals surface area contributed by atoms with E-state index in [0.29, 0.717) is 26.1 Å². The molecule has 3 saturated heterocycles. The zero-order chi connectivity index (χ0) is 25.9. The minimum atomic E-state index is -0.806. The first-order valence-electron chi connectivity index (χ1n) is 13.7. The molecule has 0 bridgehead atoms. The van der Waals surface area contributed by atoms with Crippen LogP contribution in [0.25, 0.3) is 21.8 Å². The Hall–Kier alpha value is -3.14. The van der Waals surface area contributed by atoms with Gasteiger partial charge >= 0.3 is 12.1 Å². The summed E-state index contributed by atoms with van der Waals surface area (Å²) < 4.78 is 30.9. The molecule has 1 aromatic heterocycles. The molecule has 4 heterocycles. The van der Waals surface area contributed by atoms with Gasteiger partial charge < -0.3 is 28.3 Å². The standard InChI is InChI=1S/C29H34N2O7/c32-28(38-27-14-6-8-16-35-27)25-17-20(37-26-13-5-7-15-34-26)18-30(25)29(33)36-19-31-23-11-3-1-9-21(23)22-10-2-4-12-24(22)31/h1-4,9-12,20,25-27H,5-8,13-19H2/t20-,25-,26?,27?/m0/s1.